The van der Waals surface area contributed by atoms with Crippen molar-refractivity contribution in [2.45, 2.75) is 82.1 Å². The zero-order valence-corrected chi connectivity index (χ0v) is 34.0. The summed E-state index contributed by atoms with van der Waals surface area (Å²) in [4.78, 5) is 60.3. The summed E-state index contributed by atoms with van der Waals surface area (Å²) >= 11 is 0. The maximum absolute atomic E-state index is 10.6. The lowest BCUT2D eigenvalue weighted by atomic mass is 10.5. The van der Waals surface area contributed by atoms with Crippen LogP contribution in [0.3, 0.4) is 0 Å². The van der Waals surface area contributed by atoms with E-state index in [9.17, 15) is 45.6 Å². The molecule has 0 aromatic carbocycles. The van der Waals surface area contributed by atoms with Gasteiger partial charge >= 0.3 is 35.8 Å². The number of carbonyl (C=O) groups is 6. The van der Waals surface area contributed by atoms with Crippen molar-refractivity contribution in [2.75, 3.05) is 73.5 Å². The fourth-order valence-electron chi connectivity index (χ4n) is 1.21. The molecule has 0 spiro atoms. The summed E-state index contributed by atoms with van der Waals surface area (Å²) in [5, 5.41) is 0. The Bertz CT molecular complexity index is 1070. The van der Waals surface area contributed by atoms with Gasteiger partial charge in [0.05, 0.1) is 31.8 Å². The molecule has 0 fully saturated rings. The predicted molar refractivity (Wildman–Crippen MR) is 182 cm³/mol. The van der Waals surface area contributed by atoms with Crippen LogP contribution in [0.4, 0.5) is 0 Å². The van der Waals surface area contributed by atoms with E-state index in [1.54, 1.807) is 48.8 Å². The van der Waals surface area contributed by atoms with Gasteiger partial charge < -0.3 is 37.9 Å². The van der Waals surface area contributed by atoms with Gasteiger partial charge in [0.25, 0.3) is 20.2 Å². The van der Waals surface area contributed by atoms with Crippen LogP contribution in [0.2, 0.25) is 0 Å². The third-order valence-corrected chi connectivity index (χ3v) is 5.99. The normalized spacial score (nSPS) is 9.22. The van der Waals surface area contributed by atoms with E-state index in [1.807, 2.05) is 0 Å². The van der Waals surface area contributed by atoms with E-state index < -0.39 is 39.0 Å². The highest BCUT2D eigenvalue weighted by atomic mass is 32.2. The molecule has 0 heterocycles. The van der Waals surface area contributed by atoms with Gasteiger partial charge in [-0.05, 0) is 27.7 Å². The molecule has 0 bridgehead atoms. The van der Waals surface area contributed by atoms with Gasteiger partial charge in [-0.1, -0.05) is 13.8 Å². The molecule has 0 aliphatic carbocycles. The third-order valence-electron chi connectivity index (χ3n) is 3.53. The highest BCUT2D eigenvalue weighted by Crippen LogP contribution is 1.92. The Balaban J connectivity index is -0.0000000910. The van der Waals surface area contributed by atoms with Crippen LogP contribution in [0.1, 0.15) is 82.1 Å². The van der Waals surface area contributed by atoms with Crippen LogP contribution in [0.25, 0.3) is 0 Å². The summed E-state index contributed by atoms with van der Waals surface area (Å²) in [5.41, 5.74) is 0. The molecule has 22 heteroatoms. The van der Waals surface area contributed by atoms with Gasteiger partial charge in [-0.2, -0.15) is 16.8 Å². The second-order valence-electron chi connectivity index (χ2n) is 7.90. The van der Waals surface area contributed by atoms with Crippen molar-refractivity contribution in [3.05, 3.63) is 0 Å². The van der Waals surface area contributed by atoms with Gasteiger partial charge in [-0.3, -0.25) is 33.0 Å². The number of hydrogen-bond donors (Lipinski definition) is 0. The number of rotatable bonds is 14. The molecule has 0 aromatic heterocycles. The van der Waals surface area contributed by atoms with E-state index in [-0.39, 0.29) is 55.6 Å². The molecular weight excluding hydrogens is 732 g/mol. The largest absolute Gasteiger partial charge is 0.469 e. The lowest BCUT2D eigenvalue weighted by Crippen LogP contribution is -2.12. The van der Waals surface area contributed by atoms with Crippen LogP contribution in [0, 0.1) is 0 Å². The molecule has 0 aromatic rings. The van der Waals surface area contributed by atoms with Crippen molar-refractivity contribution >= 4 is 56.1 Å². The number of hydrogen-bond acceptors (Lipinski definition) is 20. The average Bonchev–Trinajstić information content (AvgIpc) is 3.05. The smallest absolute Gasteiger partial charge is 0.308 e. The minimum absolute atomic E-state index is 0.0509. The van der Waals surface area contributed by atoms with Crippen molar-refractivity contribution in [2.24, 2.45) is 0 Å². The molecular formula is C29H60O20S2. The number of methoxy groups -OCH3 is 3. The van der Waals surface area contributed by atoms with Crippen molar-refractivity contribution in [1.82, 2.24) is 0 Å². The van der Waals surface area contributed by atoms with E-state index >= 15 is 0 Å². The third kappa shape index (κ3) is 87.2. The summed E-state index contributed by atoms with van der Waals surface area (Å²) in [6.45, 7) is 14.9. The fourth-order valence-corrected chi connectivity index (χ4v) is 2.10. The van der Waals surface area contributed by atoms with Crippen LogP contribution < -0.4 is 0 Å². The average molecular weight is 793 g/mol. The van der Waals surface area contributed by atoms with Gasteiger partial charge in [0.2, 0.25) is 13.6 Å². The van der Waals surface area contributed by atoms with E-state index in [0.29, 0.717) is 19.4 Å². The van der Waals surface area contributed by atoms with Gasteiger partial charge in [0.15, 0.2) is 6.79 Å². The molecule has 0 radical (unpaired) electrons. The SMILES string of the molecule is CCC(=O)OCOC(C)=O.CCOC(=O)CC.CCOS(=O)(=O)CC.CCS(=O)(=O)OCOC(C)=O.COC.COC(C)=O.COCOC(C)=O. The first-order valence-electron chi connectivity index (χ1n) is 14.9. The van der Waals surface area contributed by atoms with Crippen LogP contribution in [-0.4, -0.2) is 126 Å². The van der Waals surface area contributed by atoms with Gasteiger partial charge in [-0.15, -0.1) is 0 Å². The zero-order chi connectivity index (χ0) is 41.9. The van der Waals surface area contributed by atoms with E-state index in [2.05, 4.69) is 46.3 Å². The quantitative estimate of drug-likeness (QED) is 0.106. The monoisotopic (exact) mass is 792 g/mol. The van der Waals surface area contributed by atoms with Crippen LogP contribution in [0.15, 0.2) is 0 Å². The number of ether oxygens (including phenoxy) is 8. The van der Waals surface area contributed by atoms with E-state index in [1.165, 1.54) is 48.8 Å². The Labute approximate surface area is 303 Å². The highest BCUT2D eigenvalue weighted by Gasteiger charge is 2.07. The molecule has 51 heavy (non-hydrogen) atoms. The van der Waals surface area contributed by atoms with Crippen molar-refractivity contribution in [3.8, 4) is 0 Å². The second kappa shape index (κ2) is 46.6. The highest BCUT2D eigenvalue weighted by molar-refractivity contribution is 7.86. The Morgan fingerprint density at radius 2 is 0.784 bits per heavy atom. The lowest BCUT2D eigenvalue weighted by molar-refractivity contribution is -0.165. The maximum Gasteiger partial charge on any atom is 0.308 e. The fraction of sp³-hybridized carbons (Fsp3) is 0.793. The standard InChI is InChI=1S/C6H10O4.C5H10O5S.C5H10O2.C4H10O3S.C4H8O3.C3H6O2.C2H6O/c1-3-6(8)10-4-9-5(2)7;1-3-11(7,8)10-4-9-5(2)6;1-3-5(6)7-4-2;1-3-7-8(5,6)4-2;1-4(5)7-3-6-2;1-3(4)5-2;1-3-2/h3-4H2,1-2H3;3-4H2,1-2H3;3-4H2,1-2H3;3-4H2,1-2H3;3H2,1-2H3;1-2H3;1-2H3. The summed E-state index contributed by atoms with van der Waals surface area (Å²) in [5.74, 6) is -2.16. The van der Waals surface area contributed by atoms with Crippen LogP contribution in [0.5, 0.6) is 0 Å². The minimum Gasteiger partial charge on any atom is -0.469 e. The molecule has 0 atom stereocenters. The molecule has 0 unspecified atom stereocenters. The molecule has 308 valence electrons. The zero-order valence-electron chi connectivity index (χ0n) is 32.3. The Kier molecular flexibility index (Phi) is 57.2. The van der Waals surface area contributed by atoms with E-state index in [0.717, 1.165) is 0 Å². The lowest BCUT2D eigenvalue weighted by Gasteiger charge is -2.01. The molecule has 0 aliphatic heterocycles. The van der Waals surface area contributed by atoms with E-state index in [4.69, 9.17) is 0 Å². The Morgan fingerprint density at radius 1 is 0.451 bits per heavy atom. The summed E-state index contributed by atoms with van der Waals surface area (Å²) in [7, 11) is -0.601. The minimum atomic E-state index is -3.49. The van der Waals surface area contributed by atoms with Gasteiger partial charge in [0, 0.05) is 61.9 Å². The van der Waals surface area contributed by atoms with Gasteiger partial charge in [-0.25, -0.2) is 4.18 Å². The van der Waals surface area contributed by atoms with Crippen LogP contribution >= 0.6 is 0 Å². The molecule has 0 N–H and O–H groups in total. The molecule has 0 aliphatic rings. The Morgan fingerprint density at radius 3 is 1.00 bits per heavy atom. The summed E-state index contributed by atoms with van der Waals surface area (Å²) < 4.78 is 85.1. The van der Waals surface area contributed by atoms with Gasteiger partial charge in [0.1, 0.15) is 0 Å². The van der Waals surface area contributed by atoms with Crippen molar-refractivity contribution in [1.29, 1.82) is 0 Å². The second-order valence-corrected chi connectivity index (χ2v) is 11.8. The number of esters is 6. The first-order chi connectivity index (χ1) is 23.5. The predicted octanol–water partition coefficient (Wildman–Crippen LogP) is 2.26. The number of carbonyl (C=O) groups excluding carboxylic acids is 6. The Hall–Kier alpha value is -3.44. The first-order valence-corrected chi connectivity index (χ1v) is 18.1. The van der Waals surface area contributed by atoms with Crippen molar-refractivity contribution in [3.63, 3.8) is 0 Å². The summed E-state index contributed by atoms with van der Waals surface area (Å²) in [6.07, 6.45) is 0.773. The first kappa shape index (κ1) is 62.7. The van der Waals surface area contributed by atoms with Crippen molar-refractivity contribution < 1.29 is 91.9 Å². The van der Waals surface area contributed by atoms with Crippen LogP contribution in [-0.2, 0) is 95.3 Å². The topological polar surface area (TPSA) is 263 Å². The summed E-state index contributed by atoms with van der Waals surface area (Å²) in [6, 6.07) is 0. The molecule has 20 nitrogen and oxygen atoms in total. The molecule has 0 saturated carbocycles. The molecule has 0 amide bonds. The maximum atomic E-state index is 10.6. The molecule has 0 rings (SSSR count). The molecule has 0 saturated heterocycles.